The van der Waals surface area contributed by atoms with Gasteiger partial charge in [0.1, 0.15) is 6.33 Å². The maximum absolute atomic E-state index is 12.7. The van der Waals surface area contributed by atoms with Gasteiger partial charge in [-0.15, -0.1) is 11.3 Å². The molecule has 2 N–H and O–H groups in total. The highest BCUT2D eigenvalue weighted by atomic mass is 32.1. The molecule has 0 bridgehead atoms. The Kier molecular flexibility index (Phi) is 5.92. The molecule has 0 spiro atoms. The van der Waals surface area contributed by atoms with E-state index in [0.29, 0.717) is 18.4 Å². The molecule has 0 unspecified atom stereocenters. The highest BCUT2D eigenvalue weighted by Crippen LogP contribution is 2.30. The lowest BCUT2D eigenvalue weighted by Gasteiger charge is -2.17. The fraction of sp³-hybridized carbons (Fsp3) is 0.333. The van der Waals surface area contributed by atoms with Crippen molar-refractivity contribution in [1.29, 1.82) is 0 Å². The van der Waals surface area contributed by atoms with Crippen molar-refractivity contribution >= 4 is 17.0 Å². The summed E-state index contributed by atoms with van der Waals surface area (Å²) in [5, 5.41) is 4.06. The van der Waals surface area contributed by atoms with Crippen LogP contribution in [0.4, 0.5) is 10.1 Å². The third kappa shape index (κ3) is 4.33. The minimum atomic E-state index is -0.275. The van der Waals surface area contributed by atoms with Crippen LogP contribution in [-0.2, 0) is 13.1 Å². The van der Waals surface area contributed by atoms with Gasteiger partial charge in [0.05, 0.1) is 19.4 Å². The third-order valence-corrected chi connectivity index (χ3v) is 6.30. The molecule has 0 radical (unpaired) electrons. The second-order valence-corrected chi connectivity index (χ2v) is 8.35. The lowest BCUT2D eigenvalue weighted by Crippen LogP contribution is -2.26. The summed E-state index contributed by atoms with van der Waals surface area (Å²) in [5.74, 6) is 0. The normalized spacial score (nSPS) is 14.7. The minimum Gasteiger partial charge on any atom is -0.372 e. The zero-order chi connectivity index (χ0) is 20.2. The minimum absolute atomic E-state index is 0.0562. The van der Waals surface area contributed by atoms with Crippen LogP contribution >= 0.6 is 11.3 Å². The number of nitrogens with zero attached hydrogens (tertiary/aromatic N) is 4. The van der Waals surface area contributed by atoms with Crippen molar-refractivity contribution in [3.8, 4) is 10.4 Å². The van der Waals surface area contributed by atoms with Crippen molar-refractivity contribution in [1.82, 2.24) is 14.3 Å². The van der Waals surface area contributed by atoms with Gasteiger partial charge < -0.3 is 10.6 Å². The Morgan fingerprint density at radius 2 is 1.93 bits per heavy atom. The van der Waals surface area contributed by atoms with Crippen LogP contribution in [0, 0.1) is 0 Å². The molecule has 0 atom stereocenters. The second kappa shape index (κ2) is 8.75. The molecule has 3 aromatic rings. The topological polar surface area (TPSA) is 69.1 Å². The molecule has 1 aromatic carbocycles. The first kappa shape index (κ1) is 19.6. The second-order valence-electron chi connectivity index (χ2n) is 7.18. The number of hydrogen-bond donors (Lipinski definition) is 1. The van der Waals surface area contributed by atoms with Gasteiger partial charge in [-0.3, -0.25) is 4.57 Å². The van der Waals surface area contributed by atoms with E-state index in [4.69, 9.17) is 5.73 Å². The largest absolute Gasteiger partial charge is 0.372 e. The van der Waals surface area contributed by atoms with Gasteiger partial charge >= 0.3 is 5.69 Å². The van der Waals surface area contributed by atoms with Crippen LogP contribution in [0.15, 0.2) is 59.4 Å². The van der Waals surface area contributed by atoms with Crippen molar-refractivity contribution in [2.24, 2.45) is 5.73 Å². The van der Waals surface area contributed by atoms with Crippen LogP contribution in [-0.4, -0.2) is 34.0 Å². The molecule has 29 heavy (non-hydrogen) atoms. The smallest absolute Gasteiger partial charge is 0.346 e. The van der Waals surface area contributed by atoms with Crippen molar-refractivity contribution in [3.05, 3.63) is 70.0 Å². The van der Waals surface area contributed by atoms with Crippen LogP contribution in [0.3, 0.4) is 0 Å². The summed E-state index contributed by atoms with van der Waals surface area (Å²) < 4.78 is 15.5. The molecular formula is C21H24FN5OS. The van der Waals surface area contributed by atoms with Gasteiger partial charge in [-0.1, -0.05) is 12.1 Å². The molecule has 3 heterocycles. The molecule has 0 saturated carbocycles. The van der Waals surface area contributed by atoms with Gasteiger partial charge in [0, 0.05) is 35.1 Å². The number of nitrogens with two attached hydrogens (primary N) is 1. The van der Waals surface area contributed by atoms with Crippen molar-refractivity contribution in [2.75, 3.05) is 24.5 Å². The van der Waals surface area contributed by atoms with Crippen LogP contribution in [0.25, 0.3) is 10.4 Å². The van der Waals surface area contributed by atoms with Gasteiger partial charge in [-0.05, 0) is 48.2 Å². The lowest BCUT2D eigenvalue weighted by atomic mass is 10.1. The van der Waals surface area contributed by atoms with E-state index in [-0.39, 0.29) is 18.8 Å². The van der Waals surface area contributed by atoms with E-state index >= 15 is 0 Å². The number of hydrogen-bond acceptors (Lipinski definition) is 5. The van der Waals surface area contributed by atoms with E-state index in [9.17, 15) is 9.18 Å². The fourth-order valence-electron chi connectivity index (χ4n) is 3.52. The molecule has 6 nitrogen and oxygen atoms in total. The van der Waals surface area contributed by atoms with Crippen LogP contribution in [0.5, 0.6) is 0 Å². The summed E-state index contributed by atoms with van der Waals surface area (Å²) in [4.78, 5) is 17.1. The molecular weight excluding hydrogens is 389 g/mol. The number of anilines is 1. The number of aromatic nitrogens is 3. The molecule has 1 fully saturated rings. The monoisotopic (exact) mass is 413 g/mol. The first-order chi connectivity index (χ1) is 14.2. The molecule has 1 aliphatic heterocycles. The summed E-state index contributed by atoms with van der Waals surface area (Å²) in [6.45, 7) is 2.84. The zero-order valence-corrected chi connectivity index (χ0v) is 16.9. The van der Waals surface area contributed by atoms with E-state index < -0.39 is 0 Å². The molecule has 1 saturated heterocycles. The molecule has 0 amide bonds. The predicted octanol–water partition coefficient (Wildman–Crippen LogP) is 3.23. The molecule has 152 valence electrons. The average Bonchev–Trinajstić information content (AvgIpc) is 3.50. The summed E-state index contributed by atoms with van der Waals surface area (Å²) in [6, 6.07) is 12.8. The van der Waals surface area contributed by atoms with E-state index in [0.717, 1.165) is 18.0 Å². The standard InChI is InChI=1S/C21H24FN5OS/c22-11-16(12-23)13-27-21(28)26(15-24-27)14-19-7-8-20(29-19)17-3-5-18(6-4-17)25-9-1-2-10-25/h3-8,11,15H,1-2,9-10,12-14,23H2/b16-11+. The summed E-state index contributed by atoms with van der Waals surface area (Å²) in [7, 11) is 0. The maximum atomic E-state index is 12.7. The molecule has 2 aromatic heterocycles. The van der Waals surface area contributed by atoms with Crippen LogP contribution in [0.1, 0.15) is 17.7 Å². The van der Waals surface area contributed by atoms with Gasteiger partial charge in [-0.25, -0.2) is 13.9 Å². The summed E-state index contributed by atoms with van der Waals surface area (Å²) in [6.07, 6.45) is 4.46. The predicted molar refractivity (Wildman–Crippen MR) is 115 cm³/mol. The lowest BCUT2D eigenvalue weighted by molar-refractivity contribution is 0.604. The quantitative estimate of drug-likeness (QED) is 0.646. The van der Waals surface area contributed by atoms with Crippen molar-refractivity contribution in [3.63, 3.8) is 0 Å². The highest BCUT2D eigenvalue weighted by Gasteiger charge is 2.13. The Hall–Kier alpha value is -2.71. The van der Waals surface area contributed by atoms with E-state index in [1.165, 1.54) is 44.5 Å². The SMILES string of the molecule is NC/C(=C\F)Cn1ncn(Cc2ccc(-c3ccc(N4CCCC4)cc3)s2)c1=O. The van der Waals surface area contributed by atoms with Gasteiger partial charge in [-0.2, -0.15) is 5.10 Å². The van der Waals surface area contributed by atoms with E-state index in [2.05, 4.69) is 40.3 Å². The number of halogens is 1. The number of rotatable bonds is 7. The fourth-order valence-corrected chi connectivity index (χ4v) is 4.53. The van der Waals surface area contributed by atoms with E-state index in [1.54, 1.807) is 11.3 Å². The average molecular weight is 414 g/mol. The Morgan fingerprint density at radius 3 is 2.62 bits per heavy atom. The molecule has 8 heteroatoms. The molecule has 0 aliphatic carbocycles. The Balaban J connectivity index is 1.46. The van der Waals surface area contributed by atoms with Crippen LogP contribution in [0.2, 0.25) is 0 Å². The Bertz CT molecular complexity index is 1040. The number of thiophene rings is 1. The molecule has 1 aliphatic rings. The van der Waals surface area contributed by atoms with Crippen molar-refractivity contribution < 1.29 is 4.39 Å². The third-order valence-electron chi connectivity index (χ3n) is 5.18. The summed E-state index contributed by atoms with van der Waals surface area (Å²) in [5.41, 5.74) is 7.96. The van der Waals surface area contributed by atoms with E-state index in [1.807, 2.05) is 6.07 Å². The highest BCUT2D eigenvalue weighted by molar-refractivity contribution is 7.15. The number of benzene rings is 1. The van der Waals surface area contributed by atoms with Crippen LogP contribution < -0.4 is 16.3 Å². The maximum Gasteiger partial charge on any atom is 0.346 e. The first-order valence-corrected chi connectivity index (χ1v) is 10.5. The summed E-state index contributed by atoms with van der Waals surface area (Å²) >= 11 is 1.66. The van der Waals surface area contributed by atoms with Gasteiger partial charge in [0.2, 0.25) is 0 Å². The van der Waals surface area contributed by atoms with Gasteiger partial charge in [0.15, 0.2) is 0 Å². The zero-order valence-electron chi connectivity index (χ0n) is 16.1. The van der Waals surface area contributed by atoms with Gasteiger partial charge in [0.25, 0.3) is 0 Å². The first-order valence-electron chi connectivity index (χ1n) is 9.72. The Labute approximate surface area is 172 Å². The van der Waals surface area contributed by atoms with Crippen molar-refractivity contribution in [2.45, 2.75) is 25.9 Å². The molecule has 4 rings (SSSR count). The Morgan fingerprint density at radius 1 is 1.17 bits per heavy atom.